The molecule has 1 aromatic carbocycles. The number of hydrogen-bond donors (Lipinski definition) is 0. The topological polar surface area (TPSA) is 68.3 Å². The van der Waals surface area contributed by atoms with Crippen LogP contribution in [-0.4, -0.2) is 23.1 Å². The lowest BCUT2D eigenvalue weighted by Crippen LogP contribution is -2.31. The Hall–Kier alpha value is -2.10. The predicted octanol–water partition coefficient (Wildman–Crippen LogP) is 9.77. The fourth-order valence-corrected chi connectivity index (χ4v) is 6.15. The lowest BCUT2D eigenvalue weighted by atomic mass is 9.69. The van der Waals surface area contributed by atoms with E-state index in [1.54, 1.807) is 6.92 Å². The summed E-state index contributed by atoms with van der Waals surface area (Å²) in [6, 6.07) is 2.36. The van der Waals surface area contributed by atoms with Crippen molar-refractivity contribution in [3.8, 4) is 0 Å². The summed E-state index contributed by atoms with van der Waals surface area (Å²) in [5.41, 5.74) is 6.05. The molecule has 4 heteroatoms. The highest BCUT2D eigenvalue weighted by Crippen LogP contribution is 2.40. The minimum absolute atomic E-state index is 0.0103. The molecule has 234 valence electrons. The Morgan fingerprint density at radius 2 is 1.49 bits per heavy atom. The van der Waals surface area contributed by atoms with Gasteiger partial charge < -0.3 is 4.79 Å². The first-order chi connectivity index (χ1) is 19.1. The van der Waals surface area contributed by atoms with Gasteiger partial charge in [-0.25, -0.2) is 0 Å². The van der Waals surface area contributed by atoms with Crippen LogP contribution in [0, 0.1) is 24.7 Å². The Labute approximate surface area is 252 Å². The van der Waals surface area contributed by atoms with E-state index in [9.17, 15) is 19.2 Å². The van der Waals surface area contributed by atoms with Crippen LogP contribution in [0.2, 0.25) is 0 Å². The summed E-state index contributed by atoms with van der Waals surface area (Å²) in [7, 11) is 0. The lowest BCUT2D eigenvalue weighted by Gasteiger charge is -2.34. The molecule has 0 N–H and O–H groups in total. The van der Waals surface area contributed by atoms with Crippen molar-refractivity contribution in [3.05, 3.63) is 33.9 Å². The Bertz CT molecular complexity index is 995. The largest absolute Gasteiger partial charge is 0.300 e. The van der Waals surface area contributed by atoms with Gasteiger partial charge >= 0.3 is 0 Å². The number of fused-ring (bicyclic) bond motifs is 1. The van der Waals surface area contributed by atoms with Gasteiger partial charge in [-0.15, -0.1) is 0 Å². The zero-order valence-electron chi connectivity index (χ0n) is 28.7. The van der Waals surface area contributed by atoms with Crippen LogP contribution in [0.3, 0.4) is 0 Å². The third kappa shape index (κ3) is 12.7. The van der Waals surface area contributed by atoms with E-state index in [2.05, 4.69) is 68.4 Å². The molecule has 1 aliphatic carbocycles. The summed E-state index contributed by atoms with van der Waals surface area (Å²) in [4.78, 5) is 47.7. The summed E-state index contributed by atoms with van der Waals surface area (Å²) in [6.45, 7) is 24.4. The first kappa shape index (κ1) is 38.9. The van der Waals surface area contributed by atoms with E-state index in [0.29, 0.717) is 12.8 Å². The molecule has 1 aliphatic rings. The van der Waals surface area contributed by atoms with E-state index in [-0.39, 0.29) is 52.7 Å². The molecule has 0 aliphatic heterocycles. The Balaban J connectivity index is 0.00000177. The second kappa shape index (κ2) is 19.2. The second-order valence-electron chi connectivity index (χ2n) is 13.2. The number of carbonyl (C=O) groups excluding carboxylic acids is 4. The van der Waals surface area contributed by atoms with Gasteiger partial charge in [-0.1, -0.05) is 94.1 Å². The molecule has 0 aromatic heterocycles. The zero-order valence-corrected chi connectivity index (χ0v) is 28.7. The summed E-state index contributed by atoms with van der Waals surface area (Å²) in [5, 5.41) is 0. The van der Waals surface area contributed by atoms with Gasteiger partial charge in [0.15, 0.2) is 5.78 Å². The molecule has 0 spiro atoms. The Morgan fingerprint density at radius 1 is 0.927 bits per heavy atom. The van der Waals surface area contributed by atoms with Gasteiger partial charge in [-0.3, -0.25) is 14.4 Å². The minimum atomic E-state index is -0.0783. The van der Waals surface area contributed by atoms with E-state index in [1.807, 2.05) is 6.92 Å². The van der Waals surface area contributed by atoms with Crippen molar-refractivity contribution in [2.24, 2.45) is 17.8 Å². The van der Waals surface area contributed by atoms with Crippen molar-refractivity contribution in [1.82, 2.24) is 0 Å². The van der Waals surface area contributed by atoms with Crippen molar-refractivity contribution in [3.63, 3.8) is 0 Å². The van der Waals surface area contributed by atoms with Crippen LogP contribution in [0.25, 0.3) is 0 Å². The van der Waals surface area contributed by atoms with Crippen LogP contribution >= 0.6 is 0 Å². The Morgan fingerprint density at radius 3 is 1.90 bits per heavy atom. The second-order valence-corrected chi connectivity index (χ2v) is 13.2. The average molecular weight is 571 g/mol. The van der Waals surface area contributed by atoms with E-state index in [0.717, 1.165) is 56.1 Å². The SMILES string of the molecule is CCC.CCC(C)=O.CCCc1cc(C(C)(C)C)c(C)c2c1CC(CC(CCC)C(CC)C(=O)CC(C)=O)CC2=O. The number of hydrogen-bond acceptors (Lipinski definition) is 4. The molecule has 0 saturated heterocycles. The van der Waals surface area contributed by atoms with Gasteiger partial charge in [0.1, 0.15) is 17.3 Å². The molecule has 3 atom stereocenters. The average Bonchev–Trinajstić information content (AvgIpc) is 2.85. The summed E-state index contributed by atoms with van der Waals surface area (Å²) in [5.74, 6) is 1.01. The number of rotatable bonds is 12. The molecule has 1 aromatic rings. The molecular weight excluding hydrogens is 508 g/mol. The fraction of sp³-hybridized carbons (Fsp3) is 0.730. The lowest BCUT2D eigenvalue weighted by molar-refractivity contribution is -0.130. The van der Waals surface area contributed by atoms with Crippen LogP contribution in [0.15, 0.2) is 6.07 Å². The van der Waals surface area contributed by atoms with Crippen LogP contribution in [-0.2, 0) is 32.6 Å². The molecule has 41 heavy (non-hydrogen) atoms. The summed E-state index contributed by atoms with van der Waals surface area (Å²) in [6.07, 6.45) is 9.18. The molecule has 0 fully saturated rings. The number of Topliss-reactive ketones (excluding diaryl/α,β-unsaturated/α-hetero) is 4. The molecule has 0 saturated carbocycles. The van der Waals surface area contributed by atoms with Crippen LogP contribution < -0.4 is 0 Å². The van der Waals surface area contributed by atoms with E-state index in [1.165, 1.54) is 30.0 Å². The first-order valence-electron chi connectivity index (χ1n) is 16.3. The van der Waals surface area contributed by atoms with Crippen molar-refractivity contribution >= 4 is 23.1 Å². The van der Waals surface area contributed by atoms with Gasteiger partial charge in [0.25, 0.3) is 0 Å². The molecule has 2 rings (SSSR count). The standard InChI is InChI=1S/C30H46O3.C4H8O.C3H8/c1-9-12-22(24(11-3)27(32)14-19(4)31)15-21-16-25-23(13-10-2)18-26(30(6,7)8)20(5)29(25)28(33)17-21;1-3-4(2)5;1-3-2/h18,21-22,24H,9-17H2,1-8H3;3H2,1-2H3;3H2,1-2H3. The normalized spacial score (nSPS) is 15.9. The molecule has 0 amide bonds. The van der Waals surface area contributed by atoms with Gasteiger partial charge in [0, 0.05) is 24.3 Å². The van der Waals surface area contributed by atoms with Gasteiger partial charge in [-0.05, 0) is 86.0 Å². The summed E-state index contributed by atoms with van der Waals surface area (Å²) >= 11 is 0. The number of benzene rings is 1. The van der Waals surface area contributed by atoms with Gasteiger partial charge in [-0.2, -0.15) is 0 Å². The van der Waals surface area contributed by atoms with Crippen LogP contribution in [0.5, 0.6) is 0 Å². The van der Waals surface area contributed by atoms with Crippen molar-refractivity contribution in [2.75, 3.05) is 0 Å². The highest BCUT2D eigenvalue weighted by Gasteiger charge is 2.35. The van der Waals surface area contributed by atoms with Gasteiger partial charge in [0.05, 0.1) is 6.42 Å². The van der Waals surface area contributed by atoms with E-state index < -0.39 is 0 Å². The van der Waals surface area contributed by atoms with Crippen molar-refractivity contribution in [2.45, 2.75) is 159 Å². The third-order valence-electron chi connectivity index (χ3n) is 8.00. The molecule has 0 heterocycles. The highest BCUT2D eigenvalue weighted by atomic mass is 16.1. The zero-order chi connectivity index (χ0) is 31.9. The maximum atomic E-state index is 13.5. The summed E-state index contributed by atoms with van der Waals surface area (Å²) < 4.78 is 0. The predicted molar refractivity (Wildman–Crippen MR) is 174 cm³/mol. The minimum Gasteiger partial charge on any atom is -0.300 e. The molecule has 0 bridgehead atoms. The molecule has 4 nitrogen and oxygen atoms in total. The number of carbonyl (C=O) groups is 4. The van der Waals surface area contributed by atoms with E-state index >= 15 is 0 Å². The van der Waals surface area contributed by atoms with Gasteiger partial charge in [0.2, 0.25) is 0 Å². The van der Waals surface area contributed by atoms with Crippen molar-refractivity contribution < 1.29 is 19.2 Å². The number of ketones is 4. The van der Waals surface area contributed by atoms with E-state index in [4.69, 9.17) is 0 Å². The van der Waals surface area contributed by atoms with Crippen LogP contribution in [0.4, 0.5) is 0 Å². The number of aryl methyl sites for hydroxylation is 1. The quantitative estimate of drug-likeness (QED) is 0.235. The monoisotopic (exact) mass is 570 g/mol. The molecular formula is C37H62O4. The fourth-order valence-electron chi connectivity index (χ4n) is 6.15. The van der Waals surface area contributed by atoms with Crippen LogP contribution in [0.1, 0.15) is 167 Å². The third-order valence-corrected chi connectivity index (χ3v) is 8.00. The van der Waals surface area contributed by atoms with Crippen molar-refractivity contribution in [1.29, 1.82) is 0 Å². The molecule has 0 radical (unpaired) electrons. The molecule has 3 unspecified atom stereocenters. The smallest absolute Gasteiger partial charge is 0.163 e. The Kier molecular flexibility index (Phi) is 18.2. The maximum absolute atomic E-state index is 13.5. The maximum Gasteiger partial charge on any atom is 0.163 e. The first-order valence-corrected chi connectivity index (χ1v) is 16.3. The highest BCUT2D eigenvalue weighted by molar-refractivity contribution is 6.01.